The first-order chi connectivity index (χ1) is 7.16. The molecule has 1 saturated heterocycles. The predicted molar refractivity (Wildman–Crippen MR) is 57.1 cm³/mol. The molecule has 1 heterocycles. The topological polar surface area (TPSA) is 64.7 Å². The van der Waals surface area contributed by atoms with Gasteiger partial charge >= 0.3 is 0 Å². The third-order valence-electron chi connectivity index (χ3n) is 2.25. The van der Waals surface area contributed by atoms with Crippen molar-refractivity contribution in [1.82, 2.24) is 0 Å². The minimum absolute atomic E-state index is 0.297. The van der Waals surface area contributed by atoms with Crippen molar-refractivity contribution >= 4 is 17.3 Å². The lowest BCUT2D eigenvalue weighted by molar-refractivity contribution is 0.0738. The summed E-state index contributed by atoms with van der Waals surface area (Å²) >= 11 is 5.81. The van der Waals surface area contributed by atoms with Crippen LogP contribution in [0.4, 0.5) is 5.69 Å². The quantitative estimate of drug-likeness (QED) is 0.745. The predicted octanol–water partition coefficient (Wildman–Crippen LogP) is 1.06. The van der Waals surface area contributed by atoms with Crippen LogP contribution < -0.4 is 10.5 Å². The van der Waals surface area contributed by atoms with Gasteiger partial charge in [0.05, 0.1) is 18.9 Å². The molecule has 3 N–H and O–H groups in total. The van der Waals surface area contributed by atoms with Gasteiger partial charge in [0.15, 0.2) is 6.10 Å². The van der Waals surface area contributed by atoms with Crippen molar-refractivity contribution in [1.29, 1.82) is 0 Å². The average Bonchev–Trinajstić information content (AvgIpc) is 2.58. The number of hydrogen-bond donors (Lipinski definition) is 2. The van der Waals surface area contributed by atoms with E-state index in [9.17, 15) is 5.11 Å². The van der Waals surface area contributed by atoms with E-state index in [1.807, 2.05) is 0 Å². The van der Waals surface area contributed by atoms with Gasteiger partial charge in [-0.2, -0.15) is 0 Å². The van der Waals surface area contributed by atoms with Crippen LogP contribution in [-0.2, 0) is 4.74 Å². The van der Waals surface area contributed by atoms with Gasteiger partial charge in [0.1, 0.15) is 11.9 Å². The molecule has 1 aromatic carbocycles. The zero-order chi connectivity index (χ0) is 10.8. The molecule has 15 heavy (non-hydrogen) atoms. The zero-order valence-electron chi connectivity index (χ0n) is 8.02. The van der Waals surface area contributed by atoms with Gasteiger partial charge in [0, 0.05) is 11.1 Å². The number of ether oxygens (including phenoxy) is 2. The van der Waals surface area contributed by atoms with Gasteiger partial charge in [-0.1, -0.05) is 11.6 Å². The van der Waals surface area contributed by atoms with Crippen LogP contribution in [-0.4, -0.2) is 30.5 Å². The van der Waals surface area contributed by atoms with Crippen molar-refractivity contribution in [2.45, 2.75) is 12.2 Å². The van der Waals surface area contributed by atoms with E-state index in [0.29, 0.717) is 29.7 Å². The van der Waals surface area contributed by atoms with Crippen molar-refractivity contribution in [2.75, 3.05) is 18.9 Å². The molecule has 0 amide bonds. The first-order valence-corrected chi connectivity index (χ1v) is 5.02. The second-order valence-corrected chi connectivity index (χ2v) is 3.88. The van der Waals surface area contributed by atoms with Gasteiger partial charge < -0.3 is 20.3 Å². The highest BCUT2D eigenvalue weighted by atomic mass is 35.5. The number of aliphatic hydroxyl groups excluding tert-OH is 1. The van der Waals surface area contributed by atoms with Gasteiger partial charge in [-0.3, -0.25) is 0 Å². The molecule has 0 saturated carbocycles. The normalized spacial score (nSPS) is 25.5. The summed E-state index contributed by atoms with van der Waals surface area (Å²) in [5.74, 6) is 0.483. The Kier molecular flexibility index (Phi) is 3.00. The maximum Gasteiger partial charge on any atom is 0.150 e. The van der Waals surface area contributed by atoms with Crippen molar-refractivity contribution in [3.8, 4) is 5.75 Å². The van der Waals surface area contributed by atoms with Crippen molar-refractivity contribution in [3.05, 3.63) is 23.2 Å². The number of hydrogen-bond acceptors (Lipinski definition) is 4. The summed E-state index contributed by atoms with van der Waals surface area (Å²) < 4.78 is 10.6. The molecule has 4 nitrogen and oxygen atoms in total. The van der Waals surface area contributed by atoms with E-state index in [-0.39, 0.29) is 6.10 Å². The van der Waals surface area contributed by atoms with E-state index in [2.05, 4.69) is 0 Å². The Morgan fingerprint density at radius 1 is 1.47 bits per heavy atom. The molecular formula is C10H12ClNO3. The van der Waals surface area contributed by atoms with Gasteiger partial charge in [0.2, 0.25) is 0 Å². The van der Waals surface area contributed by atoms with E-state index in [1.54, 1.807) is 18.2 Å². The molecule has 0 unspecified atom stereocenters. The maximum atomic E-state index is 9.49. The van der Waals surface area contributed by atoms with E-state index in [0.717, 1.165) is 0 Å². The van der Waals surface area contributed by atoms with Crippen molar-refractivity contribution < 1.29 is 14.6 Å². The molecule has 2 atom stereocenters. The highest BCUT2D eigenvalue weighted by molar-refractivity contribution is 6.30. The Balaban J connectivity index is 2.12. The molecule has 1 aliphatic rings. The van der Waals surface area contributed by atoms with Crippen molar-refractivity contribution in [2.24, 2.45) is 0 Å². The smallest absolute Gasteiger partial charge is 0.150 e. The molecule has 5 heteroatoms. The summed E-state index contributed by atoms with van der Waals surface area (Å²) in [6, 6.07) is 4.98. The lowest BCUT2D eigenvalue weighted by Gasteiger charge is -2.16. The molecule has 1 aliphatic heterocycles. The molecule has 0 bridgehead atoms. The number of benzene rings is 1. The molecule has 0 radical (unpaired) electrons. The van der Waals surface area contributed by atoms with Crippen LogP contribution in [0.2, 0.25) is 5.02 Å². The number of aliphatic hydroxyl groups is 1. The van der Waals surface area contributed by atoms with Gasteiger partial charge in [-0.05, 0) is 12.1 Å². The summed E-state index contributed by atoms with van der Waals surface area (Å²) in [5.41, 5.74) is 6.21. The first-order valence-electron chi connectivity index (χ1n) is 4.64. The van der Waals surface area contributed by atoms with Crippen LogP contribution in [0.25, 0.3) is 0 Å². The van der Waals surface area contributed by atoms with Gasteiger partial charge in [-0.25, -0.2) is 0 Å². The van der Waals surface area contributed by atoms with Crippen molar-refractivity contribution in [3.63, 3.8) is 0 Å². The highest BCUT2D eigenvalue weighted by Crippen LogP contribution is 2.27. The lowest BCUT2D eigenvalue weighted by atomic mass is 10.2. The Labute approximate surface area is 92.5 Å². The maximum absolute atomic E-state index is 9.49. The summed E-state index contributed by atoms with van der Waals surface area (Å²) in [7, 11) is 0. The molecule has 82 valence electrons. The molecule has 0 spiro atoms. The van der Waals surface area contributed by atoms with E-state index < -0.39 is 6.10 Å². The first kappa shape index (κ1) is 10.5. The van der Waals surface area contributed by atoms with Gasteiger partial charge in [-0.15, -0.1) is 0 Å². The fourth-order valence-corrected chi connectivity index (χ4v) is 1.57. The lowest BCUT2D eigenvalue weighted by Crippen LogP contribution is -2.29. The molecular weight excluding hydrogens is 218 g/mol. The second-order valence-electron chi connectivity index (χ2n) is 3.44. The minimum Gasteiger partial charge on any atom is -0.483 e. The monoisotopic (exact) mass is 229 g/mol. The molecule has 0 aromatic heterocycles. The third kappa shape index (κ3) is 2.34. The fourth-order valence-electron chi connectivity index (χ4n) is 1.41. The van der Waals surface area contributed by atoms with Gasteiger partial charge in [0.25, 0.3) is 0 Å². The molecule has 1 fully saturated rings. The number of anilines is 1. The van der Waals surface area contributed by atoms with E-state index >= 15 is 0 Å². The van der Waals surface area contributed by atoms with Crippen LogP contribution in [0.3, 0.4) is 0 Å². The van der Waals surface area contributed by atoms with Crippen LogP contribution in [0.15, 0.2) is 18.2 Å². The number of nitrogens with two attached hydrogens (primary N) is 1. The Bertz CT molecular complexity index is 359. The standard InChI is InChI=1S/C10H12ClNO3/c11-6-1-2-7(12)9(3-6)15-10-5-14-4-8(10)13/h1-3,8,10,13H,4-5,12H2/t8-,10-/m0/s1. The largest absolute Gasteiger partial charge is 0.483 e. The number of rotatable bonds is 2. The summed E-state index contributed by atoms with van der Waals surface area (Å²) in [4.78, 5) is 0. The summed E-state index contributed by atoms with van der Waals surface area (Å²) in [6.45, 7) is 0.665. The minimum atomic E-state index is -0.608. The average molecular weight is 230 g/mol. The Morgan fingerprint density at radius 2 is 2.27 bits per heavy atom. The number of halogens is 1. The van der Waals surface area contributed by atoms with Crippen LogP contribution in [0, 0.1) is 0 Å². The summed E-state index contributed by atoms with van der Waals surface area (Å²) in [5, 5.41) is 10.0. The summed E-state index contributed by atoms with van der Waals surface area (Å²) in [6.07, 6.45) is -0.978. The van der Waals surface area contributed by atoms with Crippen LogP contribution in [0.1, 0.15) is 0 Å². The third-order valence-corrected chi connectivity index (χ3v) is 2.49. The second kappa shape index (κ2) is 4.26. The SMILES string of the molecule is Nc1ccc(Cl)cc1O[C@H]1COC[C@@H]1O. The van der Waals surface area contributed by atoms with Crippen LogP contribution >= 0.6 is 11.6 Å². The zero-order valence-corrected chi connectivity index (χ0v) is 8.78. The molecule has 1 aromatic rings. The van der Waals surface area contributed by atoms with E-state index in [1.165, 1.54) is 0 Å². The number of nitrogen functional groups attached to an aromatic ring is 1. The highest BCUT2D eigenvalue weighted by Gasteiger charge is 2.28. The fraction of sp³-hybridized carbons (Fsp3) is 0.400. The van der Waals surface area contributed by atoms with E-state index in [4.69, 9.17) is 26.8 Å². The molecule has 0 aliphatic carbocycles. The Hall–Kier alpha value is -0.970. The van der Waals surface area contributed by atoms with Crippen LogP contribution in [0.5, 0.6) is 5.75 Å². The Morgan fingerprint density at radius 3 is 2.93 bits per heavy atom. The molecule has 2 rings (SSSR count).